The number of rotatable bonds is 5. The zero-order valence-electron chi connectivity index (χ0n) is 17.7. The lowest BCUT2D eigenvalue weighted by molar-refractivity contribution is 0.341. The van der Waals surface area contributed by atoms with E-state index in [0.717, 1.165) is 6.26 Å². The summed E-state index contributed by atoms with van der Waals surface area (Å²) in [4.78, 5) is 16.4. The van der Waals surface area contributed by atoms with E-state index in [4.69, 9.17) is 11.3 Å². The molecule has 4 aromatic rings. The summed E-state index contributed by atoms with van der Waals surface area (Å²) in [6, 6.07) is 9.97. The molecule has 0 spiro atoms. The Balaban J connectivity index is 2.06. The smallest absolute Gasteiger partial charge is 0.258 e. The van der Waals surface area contributed by atoms with E-state index in [9.17, 15) is 13.2 Å². The molecule has 0 N–H and O–H groups in total. The first-order valence-electron chi connectivity index (χ1n) is 9.76. The molecular formula is C23H20N4O4S. The number of fused-ring (bicyclic) bond motifs is 1. The highest BCUT2D eigenvalue weighted by atomic mass is 32.2. The molecule has 162 valence electrons. The minimum Gasteiger partial charge on any atom is -0.493 e. The molecule has 8 nitrogen and oxygen atoms in total. The van der Waals surface area contributed by atoms with E-state index in [0.29, 0.717) is 45.6 Å². The summed E-state index contributed by atoms with van der Waals surface area (Å²) < 4.78 is 33.2. The van der Waals surface area contributed by atoms with Crippen LogP contribution >= 0.6 is 0 Å². The van der Waals surface area contributed by atoms with Gasteiger partial charge in [-0.15, -0.1) is 0 Å². The SMILES string of the molecule is [C-]#[N+]c1cnn(-c2ccc3c(=O)n(C)cc(-c4cc(S(C)(=O)=O)ccc4OCC)c3c2)c1. The molecular weight excluding hydrogens is 428 g/mol. The standard InChI is InChI=1S/C23H20N4O4S/c1-5-31-22-9-7-17(32(4,29)30)11-20(22)21-14-26(3)23(28)18-8-6-16(10-19(18)21)27-13-15(24-2)12-25-27/h6-14H,5H2,1,3-4H3. The van der Waals surface area contributed by atoms with Gasteiger partial charge in [0.2, 0.25) is 5.69 Å². The van der Waals surface area contributed by atoms with Crippen LogP contribution in [0.15, 0.2) is 64.7 Å². The van der Waals surface area contributed by atoms with E-state index in [1.54, 1.807) is 54.5 Å². The van der Waals surface area contributed by atoms with Gasteiger partial charge in [0, 0.05) is 42.2 Å². The normalized spacial score (nSPS) is 11.4. The number of hydrogen-bond donors (Lipinski definition) is 0. The summed E-state index contributed by atoms with van der Waals surface area (Å²) in [6.07, 6.45) is 5.89. The lowest BCUT2D eigenvalue weighted by atomic mass is 9.99. The third kappa shape index (κ3) is 3.76. The molecule has 0 atom stereocenters. The summed E-state index contributed by atoms with van der Waals surface area (Å²) in [5, 5.41) is 5.31. The van der Waals surface area contributed by atoms with Gasteiger partial charge in [-0.3, -0.25) is 9.48 Å². The van der Waals surface area contributed by atoms with Crippen molar-refractivity contribution in [2.75, 3.05) is 12.9 Å². The van der Waals surface area contributed by atoms with Crippen LogP contribution in [-0.4, -0.2) is 35.6 Å². The number of hydrogen-bond acceptors (Lipinski definition) is 5. The van der Waals surface area contributed by atoms with Crippen molar-refractivity contribution < 1.29 is 13.2 Å². The molecule has 0 saturated heterocycles. The Labute approximate surface area is 185 Å². The van der Waals surface area contributed by atoms with Crippen LogP contribution in [0.4, 0.5) is 5.69 Å². The molecule has 0 radical (unpaired) electrons. The van der Waals surface area contributed by atoms with Crippen molar-refractivity contribution in [1.29, 1.82) is 0 Å². The Bertz CT molecular complexity index is 1560. The van der Waals surface area contributed by atoms with E-state index < -0.39 is 9.84 Å². The van der Waals surface area contributed by atoms with Gasteiger partial charge in [-0.2, -0.15) is 5.10 Å². The van der Waals surface area contributed by atoms with Crippen LogP contribution in [0.25, 0.3) is 32.4 Å². The molecule has 0 aliphatic heterocycles. The predicted molar refractivity (Wildman–Crippen MR) is 122 cm³/mol. The van der Waals surface area contributed by atoms with Gasteiger partial charge in [0.1, 0.15) is 5.75 Å². The maximum Gasteiger partial charge on any atom is 0.258 e. The zero-order valence-corrected chi connectivity index (χ0v) is 18.5. The Morgan fingerprint density at radius 3 is 2.53 bits per heavy atom. The first-order chi connectivity index (χ1) is 15.2. The fourth-order valence-corrected chi connectivity index (χ4v) is 4.20. The van der Waals surface area contributed by atoms with Crippen molar-refractivity contribution >= 4 is 26.3 Å². The van der Waals surface area contributed by atoms with E-state index in [1.165, 1.54) is 16.8 Å². The number of aromatic nitrogens is 3. The minimum atomic E-state index is -3.45. The van der Waals surface area contributed by atoms with E-state index in [2.05, 4.69) is 9.94 Å². The lowest BCUT2D eigenvalue weighted by Gasteiger charge is -2.16. The van der Waals surface area contributed by atoms with Crippen molar-refractivity contribution in [2.24, 2.45) is 7.05 Å². The Morgan fingerprint density at radius 1 is 1.09 bits per heavy atom. The summed E-state index contributed by atoms with van der Waals surface area (Å²) in [6.45, 7) is 9.39. The fraction of sp³-hybridized carbons (Fsp3) is 0.174. The molecule has 2 aromatic carbocycles. The zero-order chi connectivity index (χ0) is 23.0. The first kappa shape index (κ1) is 21.3. The molecule has 0 fully saturated rings. The van der Waals surface area contributed by atoms with E-state index in [1.807, 2.05) is 6.92 Å². The Hall–Kier alpha value is -3.90. The van der Waals surface area contributed by atoms with Gasteiger partial charge in [-0.25, -0.2) is 13.3 Å². The summed E-state index contributed by atoms with van der Waals surface area (Å²) in [7, 11) is -1.81. The summed E-state index contributed by atoms with van der Waals surface area (Å²) in [5.74, 6) is 0.514. The molecule has 2 heterocycles. The average molecular weight is 449 g/mol. The Morgan fingerprint density at radius 2 is 1.88 bits per heavy atom. The molecule has 0 amide bonds. The molecule has 9 heteroatoms. The van der Waals surface area contributed by atoms with Gasteiger partial charge in [0.15, 0.2) is 9.84 Å². The van der Waals surface area contributed by atoms with Crippen LogP contribution in [0.5, 0.6) is 5.75 Å². The number of ether oxygens (including phenoxy) is 1. The second-order valence-electron chi connectivity index (χ2n) is 7.31. The van der Waals surface area contributed by atoms with Crippen LogP contribution in [0.3, 0.4) is 0 Å². The van der Waals surface area contributed by atoms with Gasteiger partial charge in [-0.1, -0.05) is 0 Å². The van der Waals surface area contributed by atoms with Crippen LogP contribution in [0.1, 0.15) is 6.92 Å². The van der Waals surface area contributed by atoms with Crippen molar-refractivity contribution in [1.82, 2.24) is 14.3 Å². The molecule has 0 saturated carbocycles. The molecule has 0 aliphatic rings. The lowest BCUT2D eigenvalue weighted by Crippen LogP contribution is -2.17. The minimum absolute atomic E-state index is 0.155. The molecule has 32 heavy (non-hydrogen) atoms. The van der Waals surface area contributed by atoms with Gasteiger partial charge < -0.3 is 9.30 Å². The van der Waals surface area contributed by atoms with Crippen LogP contribution < -0.4 is 10.3 Å². The number of benzene rings is 2. The third-order valence-electron chi connectivity index (χ3n) is 5.10. The molecule has 0 unspecified atom stereocenters. The topological polar surface area (TPSA) is 87.5 Å². The second kappa shape index (κ2) is 7.98. The molecule has 2 aromatic heterocycles. The third-order valence-corrected chi connectivity index (χ3v) is 6.21. The summed E-state index contributed by atoms with van der Waals surface area (Å²) in [5.41, 5.74) is 2.09. The second-order valence-corrected chi connectivity index (χ2v) is 9.32. The van der Waals surface area contributed by atoms with Crippen LogP contribution in [0, 0.1) is 6.57 Å². The van der Waals surface area contributed by atoms with E-state index >= 15 is 0 Å². The van der Waals surface area contributed by atoms with Gasteiger partial charge >= 0.3 is 0 Å². The molecule has 0 aliphatic carbocycles. The quantitative estimate of drug-likeness (QED) is 0.434. The van der Waals surface area contributed by atoms with Crippen molar-refractivity contribution in [3.63, 3.8) is 0 Å². The van der Waals surface area contributed by atoms with Crippen LogP contribution in [0.2, 0.25) is 0 Å². The van der Waals surface area contributed by atoms with E-state index in [-0.39, 0.29) is 10.5 Å². The predicted octanol–water partition coefficient (Wildman–Crippen LogP) is 3.74. The molecule has 0 bridgehead atoms. The highest BCUT2D eigenvalue weighted by Gasteiger charge is 2.18. The first-order valence-corrected chi connectivity index (χ1v) is 11.6. The monoisotopic (exact) mass is 448 g/mol. The largest absolute Gasteiger partial charge is 0.493 e. The van der Waals surface area contributed by atoms with Crippen molar-refractivity contribution in [3.8, 4) is 22.6 Å². The van der Waals surface area contributed by atoms with Gasteiger partial charge in [-0.05, 0) is 48.7 Å². The van der Waals surface area contributed by atoms with Crippen molar-refractivity contribution in [3.05, 3.63) is 76.8 Å². The number of aryl methyl sites for hydroxylation is 1. The highest BCUT2D eigenvalue weighted by molar-refractivity contribution is 7.90. The number of sulfone groups is 1. The van der Waals surface area contributed by atoms with Crippen LogP contribution in [-0.2, 0) is 16.9 Å². The maximum absolute atomic E-state index is 12.8. The van der Waals surface area contributed by atoms with Crippen molar-refractivity contribution in [2.45, 2.75) is 11.8 Å². The summed E-state index contributed by atoms with van der Waals surface area (Å²) >= 11 is 0. The molecule has 4 rings (SSSR count). The van der Waals surface area contributed by atoms with Gasteiger partial charge in [0.25, 0.3) is 5.56 Å². The average Bonchev–Trinajstić information content (AvgIpc) is 3.25. The number of pyridine rings is 1. The maximum atomic E-state index is 12.8. The van der Waals surface area contributed by atoms with Gasteiger partial charge in [0.05, 0.1) is 30.0 Å². The highest BCUT2D eigenvalue weighted by Crippen LogP contribution is 2.36. The Kier molecular flexibility index (Phi) is 5.32. The number of nitrogens with zero attached hydrogens (tertiary/aromatic N) is 4. The fourth-order valence-electron chi connectivity index (χ4n) is 3.55.